The number of hydrogen-bond donors (Lipinski definition) is 0. The average molecular weight is 245 g/mol. The lowest BCUT2D eigenvalue weighted by molar-refractivity contribution is -0.120. The van der Waals surface area contributed by atoms with Crippen molar-refractivity contribution in [3.05, 3.63) is 48.2 Å². The van der Waals surface area contributed by atoms with Crippen molar-refractivity contribution in [1.29, 1.82) is 0 Å². The molecule has 0 radical (unpaired) electrons. The van der Waals surface area contributed by atoms with Crippen LogP contribution in [-0.2, 0) is 4.79 Å². The van der Waals surface area contributed by atoms with Crippen LogP contribution in [-0.4, -0.2) is 30.6 Å². The monoisotopic (exact) mass is 245 g/mol. The Labute approximate surface area is 108 Å². The molecule has 0 saturated heterocycles. The Hall–Kier alpha value is -1.90. The standard InChI is InChI=1S/C15H19NO2/c1-15(2,13(17)10-11-16(3)4)14(18)12-8-6-5-7-9-12/h5-11H,1-4H3. The number of allylic oxidation sites excluding steroid dienone is 1. The van der Waals surface area contributed by atoms with Crippen molar-refractivity contribution in [3.63, 3.8) is 0 Å². The number of nitrogens with zero attached hydrogens (tertiary/aromatic N) is 1. The lowest BCUT2D eigenvalue weighted by Gasteiger charge is -2.20. The fourth-order valence-electron chi connectivity index (χ4n) is 1.49. The topological polar surface area (TPSA) is 37.4 Å². The maximum absolute atomic E-state index is 12.3. The number of carbonyl (C=O) groups is 2. The highest BCUT2D eigenvalue weighted by Crippen LogP contribution is 2.23. The van der Waals surface area contributed by atoms with E-state index in [2.05, 4.69) is 0 Å². The maximum Gasteiger partial charge on any atom is 0.176 e. The molecule has 1 aromatic carbocycles. The van der Waals surface area contributed by atoms with Crippen LogP contribution in [0.25, 0.3) is 0 Å². The third-order valence-corrected chi connectivity index (χ3v) is 2.74. The molecular formula is C15H19NO2. The van der Waals surface area contributed by atoms with Crippen molar-refractivity contribution in [2.75, 3.05) is 14.1 Å². The first-order chi connectivity index (χ1) is 8.35. The number of carbonyl (C=O) groups excluding carboxylic acids is 2. The van der Waals surface area contributed by atoms with Crippen LogP contribution in [0.5, 0.6) is 0 Å². The summed E-state index contributed by atoms with van der Waals surface area (Å²) in [6.07, 6.45) is 3.10. The highest BCUT2D eigenvalue weighted by atomic mass is 16.2. The van der Waals surface area contributed by atoms with Crippen LogP contribution >= 0.6 is 0 Å². The number of Topliss-reactive ketones (excluding diaryl/α,β-unsaturated/α-hetero) is 1. The molecule has 0 saturated carbocycles. The van der Waals surface area contributed by atoms with Gasteiger partial charge in [0.1, 0.15) is 0 Å². The molecule has 1 aromatic rings. The summed E-state index contributed by atoms with van der Waals surface area (Å²) >= 11 is 0. The molecule has 0 atom stereocenters. The number of benzene rings is 1. The zero-order chi connectivity index (χ0) is 13.8. The van der Waals surface area contributed by atoms with Gasteiger partial charge in [0.2, 0.25) is 0 Å². The molecule has 0 bridgehead atoms. The van der Waals surface area contributed by atoms with E-state index in [-0.39, 0.29) is 11.6 Å². The molecule has 96 valence electrons. The molecule has 3 heteroatoms. The minimum absolute atomic E-state index is 0.156. The van der Waals surface area contributed by atoms with Crippen LogP contribution < -0.4 is 0 Å². The third-order valence-electron chi connectivity index (χ3n) is 2.74. The fraction of sp³-hybridized carbons (Fsp3) is 0.333. The molecule has 0 aliphatic rings. The van der Waals surface area contributed by atoms with E-state index >= 15 is 0 Å². The minimum Gasteiger partial charge on any atom is -0.383 e. The van der Waals surface area contributed by atoms with Gasteiger partial charge in [-0.15, -0.1) is 0 Å². The van der Waals surface area contributed by atoms with Crippen LogP contribution in [0.15, 0.2) is 42.6 Å². The quantitative estimate of drug-likeness (QED) is 0.454. The van der Waals surface area contributed by atoms with Gasteiger partial charge in [0.25, 0.3) is 0 Å². The van der Waals surface area contributed by atoms with Crippen LogP contribution in [0.1, 0.15) is 24.2 Å². The molecule has 18 heavy (non-hydrogen) atoms. The van der Waals surface area contributed by atoms with Gasteiger partial charge < -0.3 is 4.90 Å². The normalized spacial score (nSPS) is 11.6. The van der Waals surface area contributed by atoms with Gasteiger partial charge in [-0.3, -0.25) is 9.59 Å². The predicted octanol–water partition coefficient (Wildman–Crippen LogP) is 2.54. The zero-order valence-corrected chi connectivity index (χ0v) is 11.3. The van der Waals surface area contributed by atoms with E-state index in [1.165, 1.54) is 6.08 Å². The second-order valence-corrected chi connectivity index (χ2v) is 4.96. The van der Waals surface area contributed by atoms with E-state index in [0.717, 1.165) is 0 Å². The van der Waals surface area contributed by atoms with E-state index < -0.39 is 5.41 Å². The molecule has 0 amide bonds. The molecule has 0 unspecified atom stereocenters. The smallest absolute Gasteiger partial charge is 0.176 e. The molecule has 3 nitrogen and oxygen atoms in total. The summed E-state index contributed by atoms with van der Waals surface area (Å²) in [6, 6.07) is 8.89. The molecule has 1 rings (SSSR count). The number of rotatable bonds is 5. The van der Waals surface area contributed by atoms with Crippen LogP contribution in [0, 0.1) is 5.41 Å². The van der Waals surface area contributed by atoms with Crippen molar-refractivity contribution in [1.82, 2.24) is 4.90 Å². The van der Waals surface area contributed by atoms with Crippen molar-refractivity contribution < 1.29 is 9.59 Å². The van der Waals surface area contributed by atoms with Gasteiger partial charge in [-0.25, -0.2) is 0 Å². The molecular weight excluding hydrogens is 226 g/mol. The van der Waals surface area contributed by atoms with E-state index in [0.29, 0.717) is 5.56 Å². The molecule has 0 spiro atoms. The predicted molar refractivity (Wildman–Crippen MR) is 72.4 cm³/mol. The fourth-order valence-corrected chi connectivity index (χ4v) is 1.49. The van der Waals surface area contributed by atoms with Gasteiger partial charge in [0.15, 0.2) is 11.6 Å². The van der Waals surface area contributed by atoms with E-state index in [9.17, 15) is 9.59 Å². The Morgan fingerprint density at radius 2 is 1.67 bits per heavy atom. The average Bonchev–Trinajstić information content (AvgIpc) is 2.35. The van der Waals surface area contributed by atoms with Gasteiger partial charge in [-0.05, 0) is 19.9 Å². The summed E-state index contributed by atoms with van der Waals surface area (Å²) in [5, 5.41) is 0. The molecule has 0 aliphatic carbocycles. The lowest BCUT2D eigenvalue weighted by Crippen LogP contribution is -2.32. The summed E-state index contributed by atoms with van der Waals surface area (Å²) in [5.41, 5.74) is -0.470. The third kappa shape index (κ3) is 3.29. The first kappa shape index (κ1) is 14.2. The van der Waals surface area contributed by atoms with E-state index in [4.69, 9.17) is 0 Å². The highest BCUT2D eigenvalue weighted by molar-refractivity contribution is 6.17. The number of ketones is 2. The van der Waals surface area contributed by atoms with Gasteiger partial charge in [-0.1, -0.05) is 30.3 Å². The Balaban J connectivity index is 2.93. The van der Waals surface area contributed by atoms with Crippen molar-refractivity contribution in [2.24, 2.45) is 5.41 Å². The molecule has 0 N–H and O–H groups in total. The highest BCUT2D eigenvalue weighted by Gasteiger charge is 2.34. The molecule has 0 fully saturated rings. The second kappa shape index (κ2) is 5.63. The second-order valence-electron chi connectivity index (χ2n) is 4.96. The Morgan fingerprint density at radius 3 is 2.17 bits per heavy atom. The Bertz CT molecular complexity index is 459. The van der Waals surface area contributed by atoms with Gasteiger partial charge in [0, 0.05) is 25.9 Å². The Kier molecular flexibility index (Phi) is 4.43. The largest absolute Gasteiger partial charge is 0.383 e. The first-order valence-electron chi connectivity index (χ1n) is 5.84. The summed E-state index contributed by atoms with van der Waals surface area (Å²) in [5.74, 6) is -0.346. The SMILES string of the molecule is CN(C)C=CC(=O)C(C)(C)C(=O)c1ccccc1. The van der Waals surface area contributed by atoms with Gasteiger partial charge >= 0.3 is 0 Å². The van der Waals surface area contributed by atoms with Gasteiger partial charge in [0.05, 0.1) is 5.41 Å². The van der Waals surface area contributed by atoms with Crippen molar-refractivity contribution >= 4 is 11.6 Å². The zero-order valence-electron chi connectivity index (χ0n) is 11.3. The summed E-state index contributed by atoms with van der Waals surface area (Å²) in [4.78, 5) is 26.1. The van der Waals surface area contributed by atoms with Crippen molar-refractivity contribution in [3.8, 4) is 0 Å². The maximum atomic E-state index is 12.3. The van der Waals surface area contributed by atoms with Crippen LogP contribution in [0.3, 0.4) is 0 Å². The van der Waals surface area contributed by atoms with Crippen LogP contribution in [0.2, 0.25) is 0 Å². The van der Waals surface area contributed by atoms with Crippen molar-refractivity contribution in [2.45, 2.75) is 13.8 Å². The summed E-state index contributed by atoms with van der Waals surface area (Å²) in [6.45, 7) is 3.31. The Morgan fingerprint density at radius 1 is 1.11 bits per heavy atom. The van der Waals surface area contributed by atoms with E-state index in [1.54, 1.807) is 49.2 Å². The van der Waals surface area contributed by atoms with E-state index in [1.807, 2.05) is 20.2 Å². The first-order valence-corrected chi connectivity index (χ1v) is 5.84. The minimum atomic E-state index is -1.03. The molecule has 0 aromatic heterocycles. The summed E-state index contributed by atoms with van der Waals surface area (Å²) < 4.78 is 0. The summed E-state index contributed by atoms with van der Waals surface area (Å²) in [7, 11) is 3.66. The number of hydrogen-bond acceptors (Lipinski definition) is 3. The van der Waals surface area contributed by atoms with Crippen LogP contribution in [0.4, 0.5) is 0 Å². The molecule has 0 heterocycles. The lowest BCUT2D eigenvalue weighted by atomic mass is 9.80. The molecule has 0 aliphatic heterocycles. The van der Waals surface area contributed by atoms with Gasteiger partial charge in [-0.2, -0.15) is 0 Å².